The molecule has 0 unspecified atom stereocenters. The molecule has 0 aliphatic rings. The minimum absolute atomic E-state index is 0.0964. The number of nitro benzene ring substituents is 1. The van der Waals surface area contributed by atoms with E-state index in [1.165, 1.54) is 12.1 Å². The van der Waals surface area contributed by atoms with E-state index in [0.29, 0.717) is 6.54 Å². The standard InChI is InChI=1S/C12H14N4O2/c1-2-15-12(7-8-14-15)9-13-10-3-5-11(6-4-10)16(17)18/h3-8,13H,2,9H2,1H3. The van der Waals surface area contributed by atoms with Crippen molar-refractivity contribution in [3.8, 4) is 0 Å². The maximum Gasteiger partial charge on any atom is 0.269 e. The molecule has 0 fully saturated rings. The predicted octanol–water partition coefficient (Wildman–Crippen LogP) is 2.42. The number of nitrogens with one attached hydrogen (secondary N) is 1. The summed E-state index contributed by atoms with van der Waals surface area (Å²) >= 11 is 0. The van der Waals surface area contributed by atoms with Gasteiger partial charge in [-0.2, -0.15) is 5.10 Å². The Morgan fingerprint density at radius 2 is 2.06 bits per heavy atom. The number of aromatic nitrogens is 2. The number of benzene rings is 1. The molecule has 0 atom stereocenters. The highest BCUT2D eigenvalue weighted by molar-refractivity contribution is 5.48. The first-order valence-corrected chi connectivity index (χ1v) is 5.69. The lowest BCUT2D eigenvalue weighted by atomic mass is 10.3. The van der Waals surface area contributed by atoms with Gasteiger partial charge in [0.2, 0.25) is 0 Å². The van der Waals surface area contributed by atoms with Crippen LogP contribution in [0.1, 0.15) is 12.6 Å². The molecular weight excluding hydrogens is 232 g/mol. The van der Waals surface area contributed by atoms with Gasteiger partial charge < -0.3 is 5.32 Å². The molecule has 1 aromatic heterocycles. The summed E-state index contributed by atoms with van der Waals surface area (Å²) in [5.74, 6) is 0. The number of nitrogens with zero attached hydrogens (tertiary/aromatic N) is 3. The fourth-order valence-electron chi connectivity index (χ4n) is 1.69. The fourth-order valence-corrected chi connectivity index (χ4v) is 1.69. The largest absolute Gasteiger partial charge is 0.379 e. The minimum atomic E-state index is -0.407. The van der Waals surface area contributed by atoms with E-state index in [9.17, 15) is 10.1 Å². The molecule has 6 nitrogen and oxygen atoms in total. The van der Waals surface area contributed by atoms with Crippen LogP contribution >= 0.6 is 0 Å². The van der Waals surface area contributed by atoms with Crippen molar-refractivity contribution >= 4 is 11.4 Å². The molecule has 2 rings (SSSR count). The molecule has 0 aliphatic heterocycles. The fraction of sp³-hybridized carbons (Fsp3) is 0.250. The van der Waals surface area contributed by atoms with Crippen LogP contribution in [-0.4, -0.2) is 14.7 Å². The number of aryl methyl sites for hydroxylation is 1. The van der Waals surface area contributed by atoms with E-state index < -0.39 is 4.92 Å². The molecular formula is C12H14N4O2. The molecule has 18 heavy (non-hydrogen) atoms. The van der Waals surface area contributed by atoms with Gasteiger partial charge in [-0.15, -0.1) is 0 Å². The smallest absolute Gasteiger partial charge is 0.269 e. The van der Waals surface area contributed by atoms with Crippen molar-refractivity contribution < 1.29 is 4.92 Å². The molecule has 0 spiro atoms. The normalized spacial score (nSPS) is 10.3. The van der Waals surface area contributed by atoms with E-state index in [0.717, 1.165) is 17.9 Å². The summed E-state index contributed by atoms with van der Waals surface area (Å²) in [5, 5.41) is 17.9. The van der Waals surface area contributed by atoms with Gasteiger partial charge in [0, 0.05) is 30.6 Å². The molecule has 6 heteroatoms. The third-order valence-corrected chi connectivity index (χ3v) is 2.66. The van der Waals surface area contributed by atoms with Crippen LogP contribution in [0.3, 0.4) is 0 Å². The van der Waals surface area contributed by atoms with Crippen LogP contribution < -0.4 is 5.32 Å². The first kappa shape index (κ1) is 12.1. The lowest BCUT2D eigenvalue weighted by Gasteiger charge is -2.07. The quantitative estimate of drug-likeness (QED) is 0.649. The zero-order chi connectivity index (χ0) is 13.0. The second-order valence-electron chi connectivity index (χ2n) is 3.80. The lowest BCUT2D eigenvalue weighted by molar-refractivity contribution is -0.384. The Kier molecular flexibility index (Phi) is 3.57. The third-order valence-electron chi connectivity index (χ3n) is 2.66. The summed E-state index contributed by atoms with van der Waals surface area (Å²) in [7, 11) is 0. The Hall–Kier alpha value is -2.37. The van der Waals surface area contributed by atoms with Crippen molar-refractivity contribution in [2.45, 2.75) is 20.0 Å². The van der Waals surface area contributed by atoms with Crippen LogP contribution in [0.2, 0.25) is 0 Å². The predicted molar refractivity (Wildman–Crippen MR) is 68.3 cm³/mol. The van der Waals surface area contributed by atoms with E-state index >= 15 is 0 Å². The van der Waals surface area contributed by atoms with Gasteiger partial charge in [0.25, 0.3) is 5.69 Å². The van der Waals surface area contributed by atoms with E-state index in [2.05, 4.69) is 10.4 Å². The first-order chi connectivity index (χ1) is 8.70. The van der Waals surface area contributed by atoms with Crippen LogP contribution in [0.5, 0.6) is 0 Å². The zero-order valence-electron chi connectivity index (χ0n) is 10.0. The molecule has 2 aromatic rings. The van der Waals surface area contributed by atoms with Gasteiger partial charge in [-0.1, -0.05) is 0 Å². The van der Waals surface area contributed by atoms with Crippen molar-refractivity contribution in [3.05, 3.63) is 52.3 Å². The second-order valence-corrected chi connectivity index (χ2v) is 3.80. The molecule has 0 bridgehead atoms. The van der Waals surface area contributed by atoms with Crippen molar-refractivity contribution in [2.24, 2.45) is 0 Å². The van der Waals surface area contributed by atoms with Gasteiger partial charge in [0.15, 0.2) is 0 Å². The monoisotopic (exact) mass is 246 g/mol. The third kappa shape index (κ3) is 2.65. The molecule has 0 amide bonds. The van der Waals surface area contributed by atoms with E-state index in [4.69, 9.17) is 0 Å². The maximum absolute atomic E-state index is 10.5. The van der Waals surface area contributed by atoms with Crippen LogP contribution in [-0.2, 0) is 13.1 Å². The maximum atomic E-state index is 10.5. The van der Waals surface area contributed by atoms with Crippen LogP contribution in [0.25, 0.3) is 0 Å². The van der Waals surface area contributed by atoms with Gasteiger partial charge >= 0.3 is 0 Å². The zero-order valence-corrected chi connectivity index (χ0v) is 10.0. The summed E-state index contributed by atoms with van der Waals surface area (Å²) < 4.78 is 1.90. The summed E-state index contributed by atoms with van der Waals surface area (Å²) in [6, 6.07) is 8.32. The number of hydrogen-bond donors (Lipinski definition) is 1. The Balaban J connectivity index is 2.00. The molecule has 1 N–H and O–H groups in total. The molecule has 0 aliphatic carbocycles. The Morgan fingerprint density at radius 1 is 1.33 bits per heavy atom. The summed E-state index contributed by atoms with van der Waals surface area (Å²) in [4.78, 5) is 10.1. The number of anilines is 1. The lowest BCUT2D eigenvalue weighted by Crippen LogP contribution is -2.07. The Labute approximate surface area is 104 Å². The highest BCUT2D eigenvalue weighted by Crippen LogP contribution is 2.16. The first-order valence-electron chi connectivity index (χ1n) is 5.69. The van der Waals surface area contributed by atoms with E-state index in [1.54, 1.807) is 18.3 Å². The van der Waals surface area contributed by atoms with Gasteiger partial charge in [-0.05, 0) is 25.1 Å². The van der Waals surface area contributed by atoms with Crippen molar-refractivity contribution in [3.63, 3.8) is 0 Å². The molecule has 1 aromatic carbocycles. The molecule has 94 valence electrons. The van der Waals surface area contributed by atoms with Gasteiger partial charge in [-0.3, -0.25) is 14.8 Å². The second kappa shape index (κ2) is 5.31. The van der Waals surface area contributed by atoms with Gasteiger partial charge in [-0.25, -0.2) is 0 Å². The molecule has 0 saturated carbocycles. The van der Waals surface area contributed by atoms with Crippen LogP contribution in [0.15, 0.2) is 36.5 Å². The number of hydrogen-bond acceptors (Lipinski definition) is 4. The number of non-ortho nitro benzene ring substituents is 1. The topological polar surface area (TPSA) is 73.0 Å². The molecule has 0 saturated heterocycles. The average molecular weight is 246 g/mol. The highest BCUT2D eigenvalue weighted by atomic mass is 16.6. The summed E-state index contributed by atoms with van der Waals surface area (Å²) in [6.45, 7) is 3.50. The van der Waals surface area contributed by atoms with Crippen LogP contribution in [0, 0.1) is 10.1 Å². The van der Waals surface area contributed by atoms with Crippen LogP contribution in [0.4, 0.5) is 11.4 Å². The molecule has 1 heterocycles. The Bertz CT molecular complexity index is 533. The highest BCUT2D eigenvalue weighted by Gasteiger charge is 2.04. The van der Waals surface area contributed by atoms with Crippen molar-refractivity contribution in [1.29, 1.82) is 0 Å². The Morgan fingerprint density at radius 3 is 2.67 bits per heavy atom. The van der Waals surface area contributed by atoms with Gasteiger partial charge in [0.1, 0.15) is 0 Å². The van der Waals surface area contributed by atoms with Crippen molar-refractivity contribution in [1.82, 2.24) is 9.78 Å². The summed E-state index contributed by atoms with van der Waals surface area (Å²) in [5.41, 5.74) is 2.03. The molecule has 0 radical (unpaired) electrons. The SMILES string of the molecule is CCn1nccc1CNc1ccc([N+](=O)[O-])cc1. The van der Waals surface area contributed by atoms with E-state index in [-0.39, 0.29) is 5.69 Å². The van der Waals surface area contributed by atoms with E-state index in [1.807, 2.05) is 17.7 Å². The van der Waals surface area contributed by atoms with Crippen molar-refractivity contribution in [2.75, 3.05) is 5.32 Å². The number of nitro groups is 1. The average Bonchev–Trinajstić information content (AvgIpc) is 2.84. The minimum Gasteiger partial charge on any atom is -0.379 e. The number of rotatable bonds is 5. The summed E-state index contributed by atoms with van der Waals surface area (Å²) in [6.07, 6.45) is 1.76. The van der Waals surface area contributed by atoms with Gasteiger partial charge in [0.05, 0.1) is 17.2 Å².